The molecule has 0 fully saturated rings. The van der Waals surface area contributed by atoms with Crippen LogP contribution in [-0.4, -0.2) is 0 Å². The first-order valence-corrected chi connectivity index (χ1v) is 6.80. The molecule has 74 valence electrons. The Hall–Kier alpha value is -0.200. The summed E-state index contributed by atoms with van der Waals surface area (Å²) in [7, 11) is 0. The summed E-state index contributed by atoms with van der Waals surface area (Å²) < 4.78 is 16.9. The second kappa shape index (κ2) is 3.51. The number of rotatable bonds is 1. The topological polar surface area (TPSA) is 26.3 Å². The van der Waals surface area contributed by atoms with Crippen LogP contribution >= 0.6 is 18.0 Å². The Morgan fingerprint density at radius 1 is 1.38 bits per heavy atom. The summed E-state index contributed by atoms with van der Waals surface area (Å²) in [5.41, 5.74) is 2.13. The molecule has 0 aliphatic carbocycles. The molecule has 0 saturated carbocycles. The van der Waals surface area contributed by atoms with Gasteiger partial charge in [-0.3, -0.25) is 4.57 Å². The highest BCUT2D eigenvalue weighted by Gasteiger charge is 2.31. The third kappa shape index (κ3) is 1.84. The number of hydrogen-bond donors (Lipinski definition) is 0. The number of hydrogen-bond acceptors (Lipinski definition) is 2. The summed E-state index contributed by atoms with van der Waals surface area (Å²) in [6.45, 7) is 4.52. The van der Waals surface area contributed by atoms with Crippen LogP contribution in [0.2, 0.25) is 0 Å². The van der Waals surface area contributed by atoms with Crippen molar-refractivity contribution in [3.63, 3.8) is 0 Å². The Kier molecular flexibility index (Phi) is 2.94. The molecule has 0 N–H and O–H groups in total. The van der Waals surface area contributed by atoms with Crippen LogP contribution in [0.4, 0.5) is 0 Å². The molecule has 0 saturated heterocycles. The molecule has 13 heavy (non-hydrogen) atoms. The largest absolute Gasteiger partial charge is 0.434 e. The molecular formula is C9H14ClO2P. The first-order valence-electron chi connectivity index (χ1n) is 4.27. The molecule has 1 unspecified atom stereocenters. The van der Waals surface area contributed by atoms with Crippen molar-refractivity contribution in [2.45, 2.75) is 34.1 Å². The lowest BCUT2D eigenvalue weighted by molar-refractivity contribution is 0.413. The van der Waals surface area contributed by atoms with Gasteiger partial charge in [-0.2, -0.15) is 0 Å². The van der Waals surface area contributed by atoms with Gasteiger partial charge < -0.3 is 4.52 Å². The third-order valence-corrected chi connectivity index (χ3v) is 5.04. The second-order valence-corrected chi connectivity index (χ2v) is 6.32. The number of allylic oxidation sites excluding steroid dienone is 4. The maximum atomic E-state index is 11.7. The van der Waals surface area contributed by atoms with E-state index in [4.69, 9.17) is 15.8 Å². The molecule has 1 aliphatic rings. The fourth-order valence-corrected chi connectivity index (χ4v) is 3.32. The average molecular weight is 221 g/mol. The minimum absolute atomic E-state index is 0.677. The average Bonchev–Trinajstić information content (AvgIpc) is 2.01. The molecule has 0 radical (unpaired) electrons. The minimum atomic E-state index is -3.05. The number of halogens is 1. The molecule has 1 atom stereocenters. The summed E-state index contributed by atoms with van der Waals surface area (Å²) in [5, 5.41) is 0.677. The zero-order chi connectivity index (χ0) is 10.2. The van der Waals surface area contributed by atoms with Crippen molar-refractivity contribution < 1.29 is 9.09 Å². The van der Waals surface area contributed by atoms with Gasteiger partial charge in [-0.15, -0.1) is 0 Å². The summed E-state index contributed by atoms with van der Waals surface area (Å²) >= 11 is 5.78. The van der Waals surface area contributed by atoms with Gasteiger partial charge in [0.15, 0.2) is 0 Å². The third-order valence-electron chi connectivity index (χ3n) is 2.43. The molecule has 1 heterocycles. The van der Waals surface area contributed by atoms with E-state index in [2.05, 4.69) is 0 Å². The van der Waals surface area contributed by atoms with Gasteiger partial charge >= 0.3 is 6.72 Å². The molecule has 4 heteroatoms. The van der Waals surface area contributed by atoms with Gasteiger partial charge in [-0.1, -0.05) is 6.92 Å². The van der Waals surface area contributed by atoms with Gasteiger partial charge in [0.1, 0.15) is 5.76 Å². The van der Waals surface area contributed by atoms with Gasteiger partial charge in [-0.05, 0) is 49.6 Å². The van der Waals surface area contributed by atoms with Crippen LogP contribution < -0.4 is 0 Å². The van der Waals surface area contributed by atoms with Crippen molar-refractivity contribution in [2.24, 2.45) is 0 Å². The Morgan fingerprint density at radius 2 is 1.92 bits per heavy atom. The Morgan fingerprint density at radius 3 is 2.38 bits per heavy atom. The maximum absolute atomic E-state index is 11.7. The predicted molar refractivity (Wildman–Crippen MR) is 55.9 cm³/mol. The van der Waals surface area contributed by atoms with Crippen LogP contribution in [0.5, 0.6) is 0 Å². The normalized spacial score (nSPS) is 29.3. The van der Waals surface area contributed by atoms with Gasteiger partial charge in [-0.25, -0.2) is 0 Å². The summed E-state index contributed by atoms with van der Waals surface area (Å²) in [6.07, 6.45) is 0.881. The SMILES string of the molecule is CCC1=C(C)OP(=O)(Cl)C(C)=C1C. The molecule has 1 aliphatic heterocycles. The minimum Gasteiger partial charge on any atom is -0.434 e. The first-order chi connectivity index (χ1) is 5.90. The van der Waals surface area contributed by atoms with E-state index in [1.54, 1.807) is 6.92 Å². The van der Waals surface area contributed by atoms with E-state index in [1.807, 2.05) is 20.8 Å². The molecular weight excluding hydrogens is 207 g/mol. The molecule has 0 aromatic rings. The van der Waals surface area contributed by atoms with E-state index < -0.39 is 6.72 Å². The van der Waals surface area contributed by atoms with Crippen molar-refractivity contribution >= 4 is 18.0 Å². The van der Waals surface area contributed by atoms with Crippen LogP contribution in [0.15, 0.2) is 22.2 Å². The fourth-order valence-electron chi connectivity index (χ4n) is 1.50. The van der Waals surface area contributed by atoms with E-state index in [1.165, 1.54) is 0 Å². The highest BCUT2D eigenvalue weighted by atomic mass is 35.7. The molecule has 0 amide bonds. The van der Waals surface area contributed by atoms with Crippen molar-refractivity contribution in [2.75, 3.05) is 0 Å². The predicted octanol–water partition coefficient (Wildman–Crippen LogP) is 4.43. The van der Waals surface area contributed by atoms with Crippen molar-refractivity contribution in [1.29, 1.82) is 0 Å². The lowest BCUT2D eigenvalue weighted by atomic mass is 10.0. The molecule has 0 bridgehead atoms. The fraction of sp³-hybridized carbons (Fsp3) is 0.556. The van der Waals surface area contributed by atoms with E-state index in [9.17, 15) is 4.57 Å². The molecule has 0 aromatic heterocycles. The lowest BCUT2D eigenvalue weighted by Gasteiger charge is -2.24. The van der Waals surface area contributed by atoms with Crippen molar-refractivity contribution in [3.8, 4) is 0 Å². The molecule has 1 rings (SSSR count). The Labute approximate surface area is 83.9 Å². The molecule has 0 spiro atoms. The maximum Gasteiger partial charge on any atom is 0.362 e. The van der Waals surface area contributed by atoms with Crippen LogP contribution in [0.3, 0.4) is 0 Å². The zero-order valence-electron chi connectivity index (χ0n) is 8.35. The Balaban J connectivity index is 3.27. The Bertz CT molecular complexity index is 342. The van der Waals surface area contributed by atoms with E-state index in [-0.39, 0.29) is 0 Å². The van der Waals surface area contributed by atoms with Crippen LogP contribution in [0, 0.1) is 0 Å². The quantitative estimate of drug-likeness (QED) is 0.611. The lowest BCUT2D eigenvalue weighted by Crippen LogP contribution is -2.01. The second-order valence-electron chi connectivity index (χ2n) is 3.17. The smallest absolute Gasteiger partial charge is 0.362 e. The van der Waals surface area contributed by atoms with Gasteiger partial charge in [0.25, 0.3) is 0 Å². The van der Waals surface area contributed by atoms with Crippen LogP contribution in [0.1, 0.15) is 34.1 Å². The van der Waals surface area contributed by atoms with Gasteiger partial charge in [0.05, 0.1) is 0 Å². The summed E-state index contributed by atoms with van der Waals surface area (Å²) in [4.78, 5) is 0. The summed E-state index contributed by atoms with van der Waals surface area (Å²) in [5.74, 6) is 0.698. The van der Waals surface area contributed by atoms with Crippen LogP contribution in [0.25, 0.3) is 0 Å². The van der Waals surface area contributed by atoms with E-state index in [0.29, 0.717) is 11.1 Å². The van der Waals surface area contributed by atoms with E-state index >= 15 is 0 Å². The summed E-state index contributed by atoms with van der Waals surface area (Å²) in [6, 6.07) is 0. The highest BCUT2D eigenvalue weighted by Crippen LogP contribution is 2.65. The standard InChI is InChI=1S/C9H14ClO2P/c1-5-9-6(2)8(4)13(10,11)12-7(9)3/h5H2,1-4H3. The highest BCUT2D eigenvalue weighted by molar-refractivity contribution is 7.88. The van der Waals surface area contributed by atoms with Gasteiger partial charge in [0.2, 0.25) is 0 Å². The van der Waals surface area contributed by atoms with E-state index in [0.717, 1.165) is 17.6 Å². The van der Waals surface area contributed by atoms with Crippen molar-refractivity contribution in [3.05, 3.63) is 22.2 Å². The van der Waals surface area contributed by atoms with Crippen molar-refractivity contribution in [1.82, 2.24) is 0 Å². The first kappa shape index (κ1) is 10.9. The van der Waals surface area contributed by atoms with Crippen LogP contribution in [-0.2, 0) is 9.09 Å². The molecule has 2 nitrogen and oxygen atoms in total. The monoisotopic (exact) mass is 220 g/mol. The zero-order valence-corrected chi connectivity index (χ0v) is 10.00. The van der Waals surface area contributed by atoms with Gasteiger partial charge in [0, 0.05) is 5.31 Å². The molecule has 0 aromatic carbocycles.